The smallest absolute Gasteiger partial charge is 0.312 e. The molecule has 30 heavy (non-hydrogen) atoms. The van der Waals surface area contributed by atoms with Crippen molar-refractivity contribution in [1.29, 1.82) is 0 Å². The van der Waals surface area contributed by atoms with Crippen LogP contribution in [0.5, 0.6) is 0 Å². The maximum Gasteiger partial charge on any atom is 0.312 e. The molecule has 0 saturated carbocycles. The van der Waals surface area contributed by atoms with Crippen LogP contribution in [0.4, 0.5) is 5.69 Å². The third kappa shape index (κ3) is 4.35. The van der Waals surface area contributed by atoms with Gasteiger partial charge in [-0.25, -0.2) is 4.98 Å². The highest BCUT2D eigenvalue weighted by Crippen LogP contribution is 2.22. The van der Waals surface area contributed by atoms with Crippen LogP contribution in [-0.2, 0) is 20.7 Å². The van der Waals surface area contributed by atoms with Gasteiger partial charge in [-0.2, -0.15) is 0 Å². The summed E-state index contributed by atoms with van der Waals surface area (Å²) in [6.45, 7) is 1.52. The largest absolute Gasteiger partial charge is 0.452 e. The molecule has 2 heterocycles. The molecule has 1 amide bonds. The summed E-state index contributed by atoms with van der Waals surface area (Å²) in [4.78, 5) is 33.3. The van der Waals surface area contributed by atoms with Gasteiger partial charge >= 0.3 is 5.97 Å². The number of hydrogen-bond acceptors (Lipinski definition) is 6. The van der Waals surface area contributed by atoms with Gasteiger partial charge in [0.05, 0.1) is 23.3 Å². The molecular weight excluding hydrogens is 382 g/mol. The number of hydrogen-bond donors (Lipinski definition) is 1. The van der Waals surface area contributed by atoms with Gasteiger partial charge in [-0.15, -0.1) is 0 Å². The average molecular weight is 401 g/mol. The third-order valence-corrected chi connectivity index (χ3v) is 4.48. The van der Waals surface area contributed by atoms with Crippen molar-refractivity contribution < 1.29 is 18.7 Å². The summed E-state index contributed by atoms with van der Waals surface area (Å²) in [5, 5.41) is 3.60. The van der Waals surface area contributed by atoms with E-state index in [1.54, 1.807) is 24.4 Å². The predicted octanol–water partition coefficient (Wildman–Crippen LogP) is 4.00. The van der Waals surface area contributed by atoms with Crippen LogP contribution < -0.4 is 5.32 Å². The summed E-state index contributed by atoms with van der Waals surface area (Å²) in [7, 11) is 0. The van der Waals surface area contributed by atoms with E-state index in [2.05, 4.69) is 15.3 Å². The number of nitrogens with zero attached hydrogens (tertiary/aromatic N) is 2. The van der Waals surface area contributed by atoms with Gasteiger partial charge in [-0.05, 0) is 43.3 Å². The number of esters is 1. The molecule has 0 aliphatic heterocycles. The first-order valence-corrected chi connectivity index (χ1v) is 9.44. The number of rotatable bonds is 6. The number of amides is 1. The Morgan fingerprint density at radius 1 is 1.07 bits per heavy atom. The molecule has 0 radical (unpaired) electrons. The van der Waals surface area contributed by atoms with Crippen LogP contribution in [0.2, 0.25) is 0 Å². The highest BCUT2D eigenvalue weighted by Gasteiger charge is 2.20. The number of anilines is 1. The Balaban J connectivity index is 1.36. The molecule has 150 valence electrons. The number of ether oxygens (including phenoxy) is 1. The summed E-state index contributed by atoms with van der Waals surface area (Å²) in [6.07, 6.45) is 2.04. The zero-order chi connectivity index (χ0) is 20.9. The minimum absolute atomic E-state index is 0.0911. The number of aromatic nitrogens is 2. The molecule has 0 saturated heterocycles. The van der Waals surface area contributed by atoms with E-state index in [-0.39, 0.29) is 6.42 Å². The minimum Gasteiger partial charge on any atom is -0.452 e. The van der Waals surface area contributed by atoms with Crippen molar-refractivity contribution in [2.75, 3.05) is 5.32 Å². The lowest BCUT2D eigenvalue weighted by molar-refractivity contribution is -0.152. The molecule has 7 heteroatoms. The Kier molecular flexibility index (Phi) is 5.52. The molecule has 0 bridgehead atoms. The fraction of sp³-hybridized carbons (Fsp3) is 0.130. The molecule has 1 N–H and O–H groups in total. The lowest BCUT2D eigenvalue weighted by atomic mass is 10.2. The van der Waals surface area contributed by atoms with Crippen LogP contribution in [0.3, 0.4) is 0 Å². The lowest BCUT2D eigenvalue weighted by Gasteiger charge is -2.14. The van der Waals surface area contributed by atoms with E-state index in [4.69, 9.17) is 9.15 Å². The Morgan fingerprint density at radius 2 is 1.90 bits per heavy atom. The second-order valence-electron chi connectivity index (χ2n) is 6.68. The summed E-state index contributed by atoms with van der Waals surface area (Å²) < 4.78 is 10.7. The van der Waals surface area contributed by atoms with Gasteiger partial charge in [-0.3, -0.25) is 14.6 Å². The Bertz CT molecular complexity index is 1180. The second-order valence-corrected chi connectivity index (χ2v) is 6.68. The summed E-state index contributed by atoms with van der Waals surface area (Å²) >= 11 is 0. The van der Waals surface area contributed by atoms with Crippen LogP contribution in [-0.4, -0.2) is 27.9 Å². The van der Waals surface area contributed by atoms with Crippen molar-refractivity contribution in [3.63, 3.8) is 0 Å². The number of oxazole rings is 1. The van der Waals surface area contributed by atoms with Crippen LogP contribution in [0.15, 0.2) is 77.5 Å². The fourth-order valence-electron chi connectivity index (χ4n) is 2.99. The SMILES string of the molecule is CC(OC(=O)Cc1coc(-c2ccccc2)n1)C(=O)Nc1cccc2ncccc12. The van der Waals surface area contributed by atoms with Gasteiger partial charge in [0.15, 0.2) is 6.10 Å². The van der Waals surface area contributed by atoms with Crippen molar-refractivity contribution in [3.8, 4) is 11.5 Å². The quantitative estimate of drug-likeness (QED) is 0.491. The molecule has 7 nitrogen and oxygen atoms in total. The Morgan fingerprint density at radius 3 is 2.73 bits per heavy atom. The lowest BCUT2D eigenvalue weighted by Crippen LogP contribution is -2.30. The van der Waals surface area contributed by atoms with Gasteiger partial charge in [0.2, 0.25) is 5.89 Å². The van der Waals surface area contributed by atoms with E-state index in [9.17, 15) is 9.59 Å². The van der Waals surface area contributed by atoms with E-state index < -0.39 is 18.0 Å². The number of benzene rings is 2. The normalized spacial score (nSPS) is 11.8. The second kappa shape index (κ2) is 8.57. The predicted molar refractivity (Wildman–Crippen MR) is 112 cm³/mol. The molecular formula is C23H19N3O4. The van der Waals surface area contributed by atoms with Crippen LogP contribution in [0, 0.1) is 0 Å². The van der Waals surface area contributed by atoms with Gasteiger partial charge < -0.3 is 14.5 Å². The Hall–Kier alpha value is -4.00. The van der Waals surface area contributed by atoms with Gasteiger partial charge in [0.1, 0.15) is 6.26 Å². The molecule has 2 aromatic carbocycles. The molecule has 2 aromatic heterocycles. The van der Waals surface area contributed by atoms with E-state index in [1.165, 1.54) is 13.2 Å². The number of carbonyl (C=O) groups excluding carboxylic acids is 2. The number of pyridine rings is 1. The maximum atomic E-state index is 12.5. The van der Waals surface area contributed by atoms with E-state index in [1.807, 2.05) is 42.5 Å². The standard InChI is InChI=1S/C23H19N3O4/c1-15(22(28)26-20-11-5-10-19-18(20)9-6-12-24-19)30-21(27)13-17-14-29-23(25-17)16-7-3-2-4-8-16/h2-12,14-15H,13H2,1H3,(H,26,28). The molecule has 4 aromatic rings. The zero-order valence-corrected chi connectivity index (χ0v) is 16.2. The summed E-state index contributed by atoms with van der Waals surface area (Å²) in [5.74, 6) is -0.566. The number of carbonyl (C=O) groups is 2. The van der Waals surface area contributed by atoms with Crippen LogP contribution >= 0.6 is 0 Å². The van der Waals surface area contributed by atoms with Crippen LogP contribution in [0.1, 0.15) is 12.6 Å². The summed E-state index contributed by atoms with van der Waals surface area (Å²) in [5.41, 5.74) is 2.62. The van der Waals surface area contributed by atoms with E-state index >= 15 is 0 Å². The van der Waals surface area contributed by atoms with E-state index in [0.717, 1.165) is 16.5 Å². The molecule has 0 aliphatic carbocycles. The minimum atomic E-state index is -0.968. The zero-order valence-electron chi connectivity index (χ0n) is 16.2. The topological polar surface area (TPSA) is 94.3 Å². The van der Waals surface area contributed by atoms with Gasteiger partial charge in [0, 0.05) is 17.1 Å². The first-order valence-electron chi connectivity index (χ1n) is 9.44. The third-order valence-electron chi connectivity index (χ3n) is 4.48. The highest BCUT2D eigenvalue weighted by atomic mass is 16.5. The molecule has 4 rings (SSSR count). The first-order chi connectivity index (χ1) is 14.6. The van der Waals surface area contributed by atoms with Crippen LogP contribution in [0.25, 0.3) is 22.4 Å². The highest BCUT2D eigenvalue weighted by molar-refractivity contribution is 6.02. The Labute approximate surface area is 172 Å². The molecule has 1 atom stereocenters. The fourth-order valence-corrected chi connectivity index (χ4v) is 2.99. The molecule has 1 unspecified atom stereocenters. The van der Waals surface area contributed by atoms with E-state index in [0.29, 0.717) is 17.3 Å². The van der Waals surface area contributed by atoms with Gasteiger partial charge in [0.25, 0.3) is 5.91 Å². The first kappa shape index (κ1) is 19.3. The van der Waals surface area contributed by atoms with Gasteiger partial charge in [-0.1, -0.05) is 24.3 Å². The van der Waals surface area contributed by atoms with Crippen molar-refractivity contribution in [2.24, 2.45) is 0 Å². The summed E-state index contributed by atoms with van der Waals surface area (Å²) in [6, 6.07) is 18.5. The molecule has 0 spiro atoms. The van der Waals surface area contributed by atoms with Crippen molar-refractivity contribution in [3.05, 3.63) is 78.8 Å². The average Bonchev–Trinajstić information content (AvgIpc) is 3.23. The monoisotopic (exact) mass is 401 g/mol. The van der Waals surface area contributed by atoms with Crippen molar-refractivity contribution >= 4 is 28.5 Å². The molecule has 0 aliphatic rings. The number of fused-ring (bicyclic) bond motifs is 1. The van der Waals surface area contributed by atoms with Crippen molar-refractivity contribution in [1.82, 2.24) is 9.97 Å². The molecule has 0 fully saturated rings. The number of nitrogens with one attached hydrogen (secondary N) is 1. The maximum absolute atomic E-state index is 12.5. The van der Waals surface area contributed by atoms with Crippen molar-refractivity contribution in [2.45, 2.75) is 19.4 Å².